The summed E-state index contributed by atoms with van der Waals surface area (Å²) in [4.78, 5) is 43.1. The van der Waals surface area contributed by atoms with E-state index < -0.39 is 23.8 Å². The van der Waals surface area contributed by atoms with Crippen molar-refractivity contribution in [2.24, 2.45) is 0 Å². The van der Waals surface area contributed by atoms with E-state index in [0.717, 1.165) is 68.1 Å². The highest BCUT2D eigenvalue weighted by Gasteiger charge is 2.38. The molecular formula is C32H53N3O4S. The number of carbonyl (C=O) groups is 3. The van der Waals surface area contributed by atoms with Gasteiger partial charge in [-0.2, -0.15) is 11.8 Å². The second kappa shape index (κ2) is 16.9. The van der Waals surface area contributed by atoms with E-state index in [9.17, 15) is 14.4 Å². The fraction of sp³-hybridized carbons (Fsp3) is 0.719. The number of thioether (sulfide) groups is 1. The maximum absolute atomic E-state index is 14.4. The fourth-order valence-corrected chi connectivity index (χ4v) is 5.90. The molecule has 1 aromatic rings. The van der Waals surface area contributed by atoms with Crippen LogP contribution in [0.2, 0.25) is 0 Å². The third kappa shape index (κ3) is 11.0. The van der Waals surface area contributed by atoms with Crippen LogP contribution in [0.4, 0.5) is 4.79 Å². The van der Waals surface area contributed by atoms with Crippen molar-refractivity contribution < 1.29 is 19.1 Å². The Kier molecular flexibility index (Phi) is 14.4. The van der Waals surface area contributed by atoms with Gasteiger partial charge in [0, 0.05) is 12.6 Å². The molecule has 2 rings (SSSR count). The Morgan fingerprint density at radius 2 is 1.70 bits per heavy atom. The lowest BCUT2D eigenvalue weighted by molar-refractivity contribution is -0.143. The van der Waals surface area contributed by atoms with Gasteiger partial charge in [-0.05, 0) is 89.0 Å². The van der Waals surface area contributed by atoms with Crippen LogP contribution in [-0.4, -0.2) is 59.0 Å². The molecule has 0 aromatic heterocycles. The van der Waals surface area contributed by atoms with Crippen molar-refractivity contribution in [2.45, 2.75) is 129 Å². The Bertz CT molecular complexity index is 936. The number of unbranched alkanes of at least 4 members (excludes halogenated alkanes) is 3. The molecule has 1 saturated carbocycles. The molecule has 2 atom stereocenters. The number of ether oxygens (including phenoxy) is 1. The predicted molar refractivity (Wildman–Crippen MR) is 166 cm³/mol. The molecule has 7 nitrogen and oxygen atoms in total. The minimum atomic E-state index is -0.789. The van der Waals surface area contributed by atoms with Crippen LogP contribution in [0.5, 0.6) is 0 Å². The van der Waals surface area contributed by atoms with Crippen LogP contribution in [-0.2, 0) is 14.3 Å². The normalized spacial score (nSPS) is 15.7. The molecule has 2 N–H and O–H groups in total. The molecule has 1 aromatic carbocycles. The van der Waals surface area contributed by atoms with Gasteiger partial charge in [0.2, 0.25) is 11.8 Å². The summed E-state index contributed by atoms with van der Waals surface area (Å²) in [5.41, 5.74) is 2.16. The highest BCUT2D eigenvalue weighted by molar-refractivity contribution is 7.98. The first-order valence-electron chi connectivity index (χ1n) is 15.1. The van der Waals surface area contributed by atoms with Gasteiger partial charge in [-0.3, -0.25) is 9.59 Å². The van der Waals surface area contributed by atoms with Crippen LogP contribution < -0.4 is 10.6 Å². The molecule has 226 valence electrons. The van der Waals surface area contributed by atoms with E-state index >= 15 is 0 Å². The van der Waals surface area contributed by atoms with Gasteiger partial charge in [0.15, 0.2) is 0 Å². The van der Waals surface area contributed by atoms with Crippen LogP contribution in [0, 0.1) is 13.8 Å². The summed E-state index contributed by atoms with van der Waals surface area (Å²) in [5.74, 6) is 0.329. The zero-order valence-corrected chi connectivity index (χ0v) is 26.8. The Labute approximate surface area is 246 Å². The van der Waals surface area contributed by atoms with Crippen molar-refractivity contribution >= 4 is 29.7 Å². The van der Waals surface area contributed by atoms with Crippen molar-refractivity contribution in [1.29, 1.82) is 0 Å². The lowest BCUT2D eigenvalue weighted by atomic mass is 9.91. The standard InChI is InChI=1S/C32H53N3O4S/c1-8-9-10-14-21-35(30(37)26(20-22-40-7)34-31(38)39-32(4,5)6)28(27-23(2)16-15-17-24(27)3)29(36)33-25-18-12-11-13-19-25/h15-17,25-26,28H,8-14,18-22H2,1-7H3,(H,33,36)(H,34,38). The van der Waals surface area contributed by atoms with E-state index in [1.807, 2.05) is 38.3 Å². The minimum absolute atomic E-state index is 0.122. The van der Waals surface area contributed by atoms with Gasteiger partial charge in [-0.25, -0.2) is 4.79 Å². The van der Waals surface area contributed by atoms with Crippen LogP contribution in [0.25, 0.3) is 0 Å². The first-order chi connectivity index (χ1) is 19.0. The lowest BCUT2D eigenvalue weighted by Gasteiger charge is -2.37. The number of rotatable bonds is 14. The van der Waals surface area contributed by atoms with Crippen LogP contribution >= 0.6 is 11.8 Å². The van der Waals surface area contributed by atoms with E-state index in [1.54, 1.807) is 37.4 Å². The topological polar surface area (TPSA) is 87.7 Å². The summed E-state index contributed by atoms with van der Waals surface area (Å²) >= 11 is 1.62. The predicted octanol–water partition coefficient (Wildman–Crippen LogP) is 6.85. The number of amides is 3. The lowest BCUT2D eigenvalue weighted by Crippen LogP contribution is -2.54. The molecule has 40 heavy (non-hydrogen) atoms. The van der Waals surface area contributed by atoms with E-state index in [-0.39, 0.29) is 17.9 Å². The van der Waals surface area contributed by atoms with Gasteiger partial charge in [0.1, 0.15) is 17.7 Å². The first kappa shape index (κ1) is 34.0. The number of alkyl carbamates (subject to hydrolysis) is 1. The SMILES string of the molecule is CCCCCCN(C(=O)C(CCSC)NC(=O)OC(C)(C)C)C(C(=O)NC1CCCCC1)c1c(C)cccc1C. The first-order valence-corrected chi connectivity index (χ1v) is 16.5. The van der Waals surface area contributed by atoms with Gasteiger partial charge in [-0.15, -0.1) is 0 Å². The molecule has 0 saturated heterocycles. The van der Waals surface area contributed by atoms with Crippen molar-refractivity contribution in [3.05, 3.63) is 34.9 Å². The van der Waals surface area contributed by atoms with Gasteiger partial charge >= 0.3 is 6.09 Å². The maximum Gasteiger partial charge on any atom is 0.408 e. The summed E-state index contributed by atoms with van der Waals surface area (Å²) in [6.45, 7) is 12.0. The zero-order chi connectivity index (χ0) is 29.7. The fourth-order valence-electron chi connectivity index (χ4n) is 5.43. The van der Waals surface area contributed by atoms with Gasteiger partial charge in [0.05, 0.1) is 0 Å². The summed E-state index contributed by atoms with van der Waals surface area (Å²) < 4.78 is 5.52. The molecule has 2 unspecified atom stereocenters. The van der Waals surface area contributed by atoms with Gasteiger partial charge in [-0.1, -0.05) is 63.6 Å². The van der Waals surface area contributed by atoms with E-state index in [0.29, 0.717) is 18.7 Å². The smallest absolute Gasteiger partial charge is 0.408 e. The molecule has 0 heterocycles. The van der Waals surface area contributed by atoms with Crippen molar-refractivity contribution in [3.63, 3.8) is 0 Å². The molecule has 1 aliphatic carbocycles. The minimum Gasteiger partial charge on any atom is -0.444 e. The molecule has 3 amide bonds. The number of benzene rings is 1. The molecule has 0 bridgehead atoms. The van der Waals surface area contributed by atoms with Gasteiger partial charge in [0.25, 0.3) is 0 Å². The number of aryl methyl sites for hydroxylation is 2. The van der Waals surface area contributed by atoms with Crippen molar-refractivity contribution in [1.82, 2.24) is 15.5 Å². The van der Waals surface area contributed by atoms with E-state index in [4.69, 9.17) is 4.74 Å². The Morgan fingerprint density at radius 3 is 2.27 bits per heavy atom. The highest BCUT2D eigenvalue weighted by atomic mass is 32.2. The highest BCUT2D eigenvalue weighted by Crippen LogP contribution is 2.30. The van der Waals surface area contributed by atoms with Gasteiger partial charge < -0.3 is 20.3 Å². The molecular weight excluding hydrogens is 522 g/mol. The maximum atomic E-state index is 14.4. The Balaban J connectivity index is 2.51. The third-order valence-corrected chi connectivity index (χ3v) is 8.11. The monoisotopic (exact) mass is 575 g/mol. The quantitative estimate of drug-likeness (QED) is 0.237. The zero-order valence-electron chi connectivity index (χ0n) is 25.9. The molecule has 0 radical (unpaired) electrons. The van der Waals surface area contributed by atoms with Crippen molar-refractivity contribution in [3.8, 4) is 0 Å². The average molecular weight is 576 g/mol. The molecule has 0 spiro atoms. The van der Waals surface area contributed by atoms with Crippen LogP contribution in [0.3, 0.4) is 0 Å². The van der Waals surface area contributed by atoms with Crippen LogP contribution in [0.15, 0.2) is 18.2 Å². The number of hydrogen-bond donors (Lipinski definition) is 2. The average Bonchev–Trinajstić information content (AvgIpc) is 2.88. The number of nitrogens with zero attached hydrogens (tertiary/aromatic N) is 1. The molecule has 1 fully saturated rings. The summed E-state index contributed by atoms with van der Waals surface area (Å²) in [5, 5.41) is 6.16. The Hall–Kier alpha value is -2.22. The second-order valence-corrected chi connectivity index (χ2v) is 13.1. The van der Waals surface area contributed by atoms with Crippen LogP contribution in [0.1, 0.15) is 115 Å². The number of hydrogen-bond acceptors (Lipinski definition) is 5. The van der Waals surface area contributed by atoms with Crippen molar-refractivity contribution in [2.75, 3.05) is 18.6 Å². The summed E-state index contributed by atoms with van der Waals surface area (Å²) in [6.07, 6.45) is 11.1. The van der Waals surface area contributed by atoms with E-state index in [1.165, 1.54) is 6.42 Å². The summed E-state index contributed by atoms with van der Waals surface area (Å²) in [7, 11) is 0. The summed E-state index contributed by atoms with van der Waals surface area (Å²) in [6, 6.07) is 4.57. The Morgan fingerprint density at radius 1 is 1.05 bits per heavy atom. The number of carbonyl (C=O) groups excluding carboxylic acids is 3. The largest absolute Gasteiger partial charge is 0.444 e. The molecule has 1 aliphatic rings. The van der Waals surface area contributed by atoms with E-state index in [2.05, 4.69) is 17.6 Å². The second-order valence-electron chi connectivity index (χ2n) is 12.1. The molecule has 0 aliphatic heterocycles. The molecule has 8 heteroatoms. The third-order valence-electron chi connectivity index (χ3n) is 7.46. The number of nitrogens with one attached hydrogen (secondary N) is 2.